The quantitative estimate of drug-likeness (QED) is 0.595. The van der Waals surface area contributed by atoms with Crippen LogP contribution in [0.3, 0.4) is 0 Å². The summed E-state index contributed by atoms with van der Waals surface area (Å²) >= 11 is 0. The van der Waals surface area contributed by atoms with E-state index in [-0.39, 0.29) is 6.61 Å². The highest BCUT2D eigenvalue weighted by molar-refractivity contribution is 5.63. The van der Waals surface area contributed by atoms with Crippen molar-refractivity contribution in [1.82, 2.24) is 0 Å². The van der Waals surface area contributed by atoms with Gasteiger partial charge in [0.15, 0.2) is 11.6 Å². The fourth-order valence-corrected chi connectivity index (χ4v) is 0.925. The van der Waals surface area contributed by atoms with Crippen LogP contribution in [0.2, 0.25) is 0 Å². The first kappa shape index (κ1) is 12.4. The van der Waals surface area contributed by atoms with E-state index in [1.807, 2.05) is 0 Å². The lowest BCUT2D eigenvalue weighted by molar-refractivity contribution is 0.0959. The molecule has 0 spiro atoms. The lowest BCUT2D eigenvalue weighted by Crippen LogP contribution is -2.13. The van der Waals surface area contributed by atoms with Crippen molar-refractivity contribution >= 4 is 6.16 Å². The van der Waals surface area contributed by atoms with Crippen LogP contribution in [-0.2, 0) is 4.74 Å². The molecule has 0 N–H and O–H groups in total. The molecular weight excluding hydrogens is 225 g/mol. The van der Waals surface area contributed by atoms with E-state index < -0.39 is 29.4 Å². The molecule has 88 valence electrons. The number of carbonyl (C=O) groups excluding carboxylic acids is 1. The molecule has 6 heteroatoms. The molecule has 0 unspecified atom stereocenters. The monoisotopic (exact) mass is 234 g/mol. The summed E-state index contributed by atoms with van der Waals surface area (Å²) < 4.78 is 47.2. The predicted molar refractivity (Wildman–Crippen MR) is 48.6 cm³/mol. The summed E-state index contributed by atoms with van der Waals surface area (Å²) in [6.07, 6.45) is -0.685. The average molecular weight is 234 g/mol. The second kappa shape index (κ2) is 5.39. The third-order valence-electron chi connectivity index (χ3n) is 1.57. The van der Waals surface area contributed by atoms with Crippen molar-refractivity contribution in [2.24, 2.45) is 0 Å². The molecule has 0 saturated carbocycles. The van der Waals surface area contributed by atoms with Gasteiger partial charge in [0.05, 0.1) is 6.61 Å². The highest BCUT2D eigenvalue weighted by Gasteiger charge is 2.17. The lowest BCUT2D eigenvalue weighted by atomic mass is 10.3. The van der Waals surface area contributed by atoms with Gasteiger partial charge in [0.2, 0.25) is 5.75 Å². The number of ether oxygens (including phenoxy) is 2. The van der Waals surface area contributed by atoms with Crippen molar-refractivity contribution in [2.75, 3.05) is 6.61 Å². The van der Waals surface area contributed by atoms with Crippen LogP contribution in [0.15, 0.2) is 12.1 Å². The Kier molecular flexibility index (Phi) is 4.16. The molecule has 0 aromatic heterocycles. The van der Waals surface area contributed by atoms with E-state index in [1.54, 1.807) is 6.92 Å². The van der Waals surface area contributed by atoms with Gasteiger partial charge in [-0.3, -0.25) is 0 Å². The third kappa shape index (κ3) is 3.15. The Labute approximate surface area is 89.8 Å². The van der Waals surface area contributed by atoms with Crippen molar-refractivity contribution in [3.8, 4) is 5.75 Å². The SMILES string of the molecule is CCCOC(=O)Oc1c(F)cc(F)cc1F. The standard InChI is InChI=1S/C10H9F3O3/c1-2-3-15-10(14)16-9-7(12)4-6(11)5-8(9)13/h4-5H,2-3H2,1H3. The van der Waals surface area contributed by atoms with E-state index >= 15 is 0 Å². The normalized spacial score (nSPS) is 10.0. The molecule has 0 radical (unpaired) electrons. The smallest absolute Gasteiger partial charge is 0.434 e. The molecule has 0 fully saturated rings. The molecule has 1 aromatic rings. The summed E-state index contributed by atoms with van der Waals surface area (Å²) in [4.78, 5) is 10.9. The first-order valence-electron chi connectivity index (χ1n) is 4.53. The molecule has 1 rings (SSSR count). The third-order valence-corrected chi connectivity index (χ3v) is 1.57. The highest BCUT2D eigenvalue weighted by atomic mass is 19.1. The van der Waals surface area contributed by atoms with Gasteiger partial charge in [-0.2, -0.15) is 0 Å². The van der Waals surface area contributed by atoms with Crippen LogP contribution in [-0.4, -0.2) is 12.8 Å². The molecule has 0 bridgehead atoms. The zero-order chi connectivity index (χ0) is 12.1. The molecule has 0 aliphatic rings. The first-order valence-corrected chi connectivity index (χ1v) is 4.53. The highest BCUT2D eigenvalue weighted by Crippen LogP contribution is 2.23. The largest absolute Gasteiger partial charge is 0.514 e. The van der Waals surface area contributed by atoms with Gasteiger partial charge in [0.1, 0.15) is 5.82 Å². The molecule has 0 aliphatic heterocycles. The second-order valence-electron chi connectivity index (χ2n) is 2.90. The Morgan fingerprint density at radius 2 is 1.81 bits per heavy atom. The van der Waals surface area contributed by atoms with Crippen LogP contribution in [0.25, 0.3) is 0 Å². The van der Waals surface area contributed by atoms with Crippen molar-refractivity contribution in [1.29, 1.82) is 0 Å². The number of hydrogen-bond donors (Lipinski definition) is 0. The maximum atomic E-state index is 13.0. The minimum Gasteiger partial charge on any atom is -0.434 e. The fourth-order valence-electron chi connectivity index (χ4n) is 0.925. The maximum absolute atomic E-state index is 13.0. The van der Waals surface area contributed by atoms with Crippen molar-refractivity contribution in [3.05, 3.63) is 29.6 Å². The van der Waals surface area contributed by atoms with Crippen molar-refractivity contribution in [2.45, 2.75) is 13.3 Å². The number of benzene rings is 1. The Morgan fingerprint density at radius 1 is 1.25 bits per heavy atom. The van der Waals surface area contributed by atoms with Gasteiger partial charge in [-0.05, 0) is 6.42 Å². The molecule has 0 saturated heterocycles. The molecule has 3 nitrogen and oxygen atoms in total. The minimum absolute atomic E-state index is 0.0727. The Hall–Kier alpha value is -1.72. The van der Waals surface area contributed by atoms with Gasteiger partial charge in [-0.15, -0.1) is 0 Å². The summed E-state index contributed by atoms with van der Waals surface area (Å²) in [5.74, 6) is -4.66. The van der Waals surface area contributed by atoms with E-state index in [9.17, 15) is 18.0 Å². The van der Waals surface area contributed by atoms with Gasteiger partial charge in [-0.25, -0.2) is 18.0 Å². The summed E-state index contributed by atoms with van der Waals surface area (Å²) in [7, 11) is 0. The Balaban J connectivity index is 2.77. The average Bonchev–Trinajstić information content (AvgIpc) is 2.20. The maximum Gasteiger partial charge on any atom is 0.514 e. The van der Waals surface area contributed by atoms with Crippen molar-refractivity contribution in [3.63, 3.8) is 0 Å². The molecule has 0 amide bonds. The van der Waals surface area contributed by atoms with E-state index in [0.29, 0.717) is 18.6 Å². The van der Waals surface area contributed by atoms with Crippen LogP contribution >= 0.6 is 0 Å². The summed E-state index contributed by atoms with van der Waals surface area (Å²) in [5.41, 5.74) is 0. The molecule has 0 heterocycles. The molecule has 16 heavy (non-hydrogen) atoms. The number of hydrogen-bond acceptors (Lipinski definition) is 3. The van der Waals surface area contributed by atoms with Gasteiger partial charge < -0.3 is 9.47 Å². The van der Waals surface area contributed by atoms with Crippen LogP contribution < -0.4 is 4.74 Å². The Morgan fingerprint density at radius 3 is 2.31 bits per heavy atom. The van der Waals surface area contributed by atoms with E-state index in [4.69, 9.17) is 0 Å². The zero-order valence-corrected chi connectivity index (χ0v) is 8.43. The van der Waals surface area contributed by atoms with Gasteiger partial charge in [0, 0.05) is 12.1 Å². The number of rotatable bonds is 3. The zero-order valence-electron chi connectivity index (χ0n) is 8.43. The molecular formula is C10H9F3O3. The molecule has 1 aromatic carbocycles. The van der Waals surface area contributed by atoms with E-state index in [0.717, 1.165) is 0 Å². The van der Waals surface area contributed by atoms with Crippen LogP contribution in [0, 0.1) is 17.5 Å². The second-order valence-corrected chi connectivity index (χ2v) is 2.90. The van der Waals surface area contributed by atoms with E-state index in [1.165, 1.54) is 0 Å². The van der Waals surface area contributed by atoms with E-state index in [2.05, 4.69) is 9.47 Å². The van der Waals surface area contributed by atoms with Crippen LogP contribution in [0.4, 0.5) is 18.0 Å². The molecule has 0 atom stereocenters. The summed E-state index contributed by atoms with van der Waals surface area (Å²) in [6, 6.07) is 0.816. The van der Waals surface area contributed by atoms with Crippen molar-refractivity contribution < 1.29 is 27.4 Å². The lowest BCUT2D eigenvalue weighted by Gasteiger charge is -2.06. The molecule has 0 aliphatic carbocycles. The van der Waals surface area contributed by atoms with Crippen LogP contribution in [0.5, 0.6) is 5.75 Å². The number of carbonyl (C=O) groups is 1. The van der Waals surface area contributed by atoms with Gasteiger partial charge in [-0.1, -0.05) is 6.92 Å². The van der Waals surface area contributed by atoms with Crippen LogP contribution in [0.1, 0.15) is 13.3 Å². The number of halogens is 3. The fraction of sp³-hybridized carbons (Fsp3) is 0.300. The minimum atomic E-state index is -1.30. The summed E-state index contributed by atoms with van der Waals surface area (Å²) in [5, 5.41) is 0. The predicted octanol–water partition coefficient (Wildman–Crippen LogP) is 3.03. The topological polar surface area (TPSA) is 35.5 Å². The Bertz CT molecular complexity index is 370. The first-order chi connectivity index (χ1) is 7.54. The van der Waals surface area contributed by atoms with Gasteiger partial charge >= 0.3 is 6.16 Å². The summed E-state index contributed by atoms with van der Waals surface area (Å²) in [6.45, 7) is 1.82. The van der Waals surface area contributed by atoms with Gasteiger partial charge in [0.25, 0.3) is 0 Å².